The van der Waals surface area contributed by atoms with Crippen LogP contribution in [0.3, 0.4) is 0 Å². The summed E-state index contributed by atoms with van der Waals surface area (Å²) in [6, 6.07) is 12.8. The summed E-state index contributed by atoms with van der Waals surface area (Å²) in [5.41, 5.74) is 0.933. The normalized spacial score (nSPS) is 17.4. The molecule has 6 nitrogen and oxygen atoms in total. The molecule has 2 heterocycles. The van der Waals surface area contributed by atoms with Crippen molar-refractivity contribution in [2.24, 2.45) is 0 Å². The molecule has 168 valence electrons. The van der Waals surface area contributed by atoms with Gasteiger partial charge in [-0.2, -0.15) is 0 Å². The number of carbonyl (C=O) groups excluding carboxylic acids is 2. The van der Waals surface area contributed by atoms with Gasteiger partial charge < -0.3 is 9.84 Å². The van der Waals surface area contributed by atoms with Gasteiger partial charge in [-0.1, -0.05) is 36.7 Å². The van der Waals surface area contributed by atoms with Gasteiger partial charge in [-0.15, -0.1) is 0 Å². The Kier molecular flexibility index (Phi) is 6.42. The maximum Gasteiger partial charge on any atom is 0.300 e. The highest BCUT2D eigenvalue weighted by Gasteiger charge is 2.47. The van der Waals surface area contributed by atoms with Gasteiger partial charge in [-0.25, -0.2) is 4.39 Å². The number of Topliss-reactive ketones (excluding diaryl/α,β-unsaturated/α-hetero) is 1. The quantitative estimate of drug-likeness (QED) is 0.303. The van der Waals surface area contributed by atoms with Crippen LogP contribution in [0.15, 0.2) is 72.6 Å². The van der Waals surface area contributed by atoms with Gasteiger partial charge in [0.1, 0.15) is 17.3 Å². The Bertz CT molecular complexity index is 1250. The van der Waals surface area contributed by atoms with Gasteiger partial charge in [-0.3, -0.25) is 19.5 Å². The number of rotatable bonds is 6. The molecule has 1 N–H and O–H groups in total. The molecule has 0 saturated carbocycles. The van der Waals surface area contributed by atoms with Gasteiger partial charge in [0.05, 0.1) is 23.2 Å². The van der Waals surface area contributed by atoms with Crippen LogP contribution >= 0.6 is 11.6 Å². The lowest BCUT2D eigenvalue weighted by atomic mass is 9.96. The molecule has 2 aromatic carbocycles. The standard InChI is InChI=1S/C25H20ClFN2O4/c1-2-11-33-18-7-3-5-15(12-18)23(30)21-22(16-6-4-10-28-14-16)29(25(32)24(21)31)17-8-9-20(27)19(26)13-17/h3-10,12-14,22,30H,2,11H2,1H3/b23-21+. The number of aliphatic hydroxyl groups is 1. The maximum absolute atomic E-state index is 13.8. The fourth-order valence-electron chi connectivity index (χ4n) is 3.70. The van der Waals surface area contributed by atoms with Crippen LogP contribution in [-0.4, -0.2) is 28.4 Å². The first-order valence-corrected chi connectivity index (χ1v) is 10.7. The summed E-state index contributed by atoms with van der Waals surface area (Å²) in [5, 5.41) is 11.0. The SMILES string of the molecule is CCCOc1cccc(/C(O)=C2\C(=O)C(=O)N(c3ccc(F)c(Cl)c3)C2c2cccnc2)c1. The van der Waals surface area contributed by atoms with E-state index in [9.17, 15) is 19.1 Å². The first-order valence-electron chi connectivity index (χ1n) is 10.3. The molecule has 1 amide bonds. The summed E-state index contributed by atoms with van der Waals surface area (Å²) < 4.78 is 19.4. The second-order valence-electron chi connectivity index (χ2n) is 7.43. The number of hydrogen-bond donors (Lipinski definition) is 1. The van der Waals surface area contributed by atoms with Gasteiger partial charge in [-0.05, 0) is 48.4 Å². The van der Waals surface area contributed by atoms with Crippen molar-refractivity contribution < 1.29 is 23.8 Å². The van der Waals surface area contributed by atoms with E-state index < -0.39 is 23.5 Å². The number of pyridine rings is 1. The van der Waals surface area contributed by atoms with Gasteiger partial charge in [0, 0.05) is 23.6 Å². The van der Waals surface area contributed by atoms with Crippen molar-refractivity contribution in [1.82, 2.24) is 4.98 Å². The number of amides is 1. The van der Waals surface area contributed by atoms with E-state index in [1.165, 1.54) is 23.2 Å². The number of nitrogens with zero attached hydrogens (tertiary/aromatic N) is 2. The molecule has 0 spiro atoms. The van der Waals surface area contributed by atoms with Crippen LogP contribution < -0.4 is 9.64 Å². The second kappa shape index (κ2) is 9.42. The molecule has 1 aliphatic rings. The van der Waals surface area contributed by atoms with Crippen LogP contribution in [0.2, 0.25) is 5.02 Å². The molecule has 1 aliphatic heterocycles. The molecule has 1 atom stereocenters. The number of ketones is 1. The van der Waals surface area contributed by atoms with Crippen LogP contribution in [0.5, 0.6) is 5.75 Å². The van der Waals surface area contributed by atoms with E-state index in [0.29, 0.717) is 23.5 Å². The molecule has 8 heteroatoms. The zero-order chi connectivity index (χ0) is 23.5. The highest BCUT2D eigenvalue weighted by Crippen LogP contribution is 2.42. The van der Waals surface area contributed by atoms with E-state index in [1.807, 2.05) is 6.92 Å². The van der Waals surface area contributed by atoms with Crippen LogP contribution in [0.25, 0.3) is 5.76 Å². The van der Waals surface area contributed by atoms with Crippen LogP contribution in [0, 0.1) is 5.82 Å². The lowest BCUT2D eigenvalue weighted by molar-refractivity contribution is -0.132. The molecule has 1 aromatic heterocycles. The second-order valence-corrected chi connectivity index (χ2v) is 7.84. The monoisotopic (exact) mass is 466 g/mol. The number of anilines is 1. The lowest BCUT2D eigenvalue weighted by Gasteiger charge is -2.25. The number of carbonyl (C=O) groups is 2. The Labute approximate surface area is 194 Å². The Hall–Kier alpha value is -3.71. The first-order chi connectivity index (χ1) is 15.9. The molecule has 1 unspecified atom stereocenters. The zero-order valence-electron chi connectivity index (χ0n) is 17.7. The number of aromatic nitrogens is 1. The van der Waals surface area contributed by atoms with E-state index in [4.69, 9.17) is 16.3 Å². The number of hydrogen-bond acceptors (Lipinski definition) is 5. The smallest absolute Gasteiger partial charge is 0.300 e. The van der Waals surface area contributed by atoms with Gasteiger partial charge in [0.2, 0.25) is 0 Å². The van der Waals surface area contributed by atoms with Crippen LogP contribution in [-0.2, 0) is 9.59 Å². The Morgan fingerprint density at radius 1 is 1.18 bits per heavy atom. The molecule has 0 radical (unpaired) electrons. The minimum absolute atomic E-state index is 0.110. The summed E-state index contributed by atoms with van der Waals surface area (Å²) in [4.78, 5) is 31.5. The van der Waals surface area contributed by atoms with E-state index in [2.05, 4.69) is 4.98 Å². The van der Waals surface area contributed by atoms with Crippen LogP contribution in [0.4, 0.5) is 10.1 Å². The molecule has 0 aliphatic carbocycles. The third-order valence-corrected chi connectivity index (χ3v) is 5.50. The zero-order valence-corrected chi connectivity index (χ0v) is 18.4. The van der Waals surface area contributed by atoms with Gasteiger partial charge in [0.25, 0.3) is 11.7 Å². The average molecular weight is 467 g/mol. The van der Waals surface area contributed by atoms with Crippen molar-refractivity contribution in [3.05, 3.63) is 94.5 Å². The largest absolute Gasteiger partial charge is 0.507 e. The molecule has 3 aromatic rings. The Morgan fingerprint density at radius 3 is 2.70 bits per heavy atom. The van der Waals surface area contributed by atoms with Crippen molar-refractivity contribution in [3.63, 3.8) is 0 Å². The Balaban J connectivity index is 1.88. The molecule has 0 bridgehead atoms. The third-order valence-electron chi connectivity index (χ3n) is 5.21. The summed E-state index contributed by atoms with van der Waals surface area (Å²) in [5.74, 6) is -2.22. The number of benzene rings is 2. The first kappa shape index (κ1) is 22.5. The van der Waals surface area contributed by atoms with Crippen molar-refractivity contribution >= 4 is 34.7 Å². The van der Waals surface area contributed by atoms with E-state index in [0.717, 1.165) is 12.5 Å². The van der Waals surface area contributed by atoms with E-state index in [-0.39, 0.29) is 22.0 Å². The van der Waals surface area contributed by atoms with Crippen molar-refractivity contribution in [2.45, 2.75) is 19.4 Å². The van der Waals surface area contributed by atoms with Gasteiger partial charge in [0.15, 0.2) is 0 Å². The lowest BCUT2D eigenvalue weighted by Crippen LogP contribution is -2.29. The predicted molar refractivity (Wildman–Crippen MR) is 123 cm³/mol. The highest BCUT2D eigenvalue weighted by molar-refractivity contribution is 6.51. The maximum atomic E-state index is 13.8. The topological polar surface area (TPSA) is 79.7 Å². The number of aliphatic hydroxyl groups excluding tert-OH is 1. The summed E-state index contributed by atoms with van der Waals surface area (Å²) in [7, 11) is 0. The summed E-state index contributed by atoms with van der Waals surface area (Å²) >= 11 is 5.94. The molecular weight excluding hydrogens is 447 g/mol. The summed E-state index contributed by atoms with van der Waals surface area (Å²) in [6.07, 6.45) is 3.87. The fourth-order valence-corrected chi connectivity index (χ4v) is 3.87. The number of halogens is 2. The molecule has 4 rings (SSSR count). The van der Waals surface area contributed by atoms with Gasteiger partial charge >= 0.3 is 0 Å². The minimum Gasteiger partial charge on any atom is -0.507 e. The molecule has 1 saturated heterocycles. The van der Waals surface area contributed by atoms with Crippen molar-refractivity contribution in [2.75, 3.05) is 11.5 Å². The third kappa shape index (κ3) is 4.32. The number of ether oxygens (including phenoxy) is 1. The highest BCUT2D eigenvalue weighted by atomic mass is 35.5. The fraction of sp³-hybridized carbons (Fsp3) is 0.160. The molecule has 1 fully saturated rings. The summed E-state index contributed by atoms with van der Waals surface area (Å²) in [6.45, 7) is 2.47. The Morgan fingerprint density at radius 2 is 2.00 bits per heavy atom. The van der Waals surface area contributed by atoms with Crippen LogP contribution in [0.1, 0.15) is 30.5 Å². The molecule has 33 heavy (non-hydrogen) atoms. The molecular formula is C25H20ClFN2O4. The predicted octanol–water partition coefficient (Wildman–Crippen LogP) is 5.29. The van der Waals surface area contributed by atoms with E-state index in [1.54, 1.807) is 42.6 Å². The van der Waals surface area contributed by atoms with E-state index >= 15 is 0 Å². The average Bonchev–Trinajstić information content (AvgIpc) is 3.10. The van der Waals surface area contributed by atoms with Crippen molar-refractivity contribution in [1.29, 1.82) is 0 Å². The minimum atomic E-state index is -0.986. The van der Waals surface area contributed by atoms with Crippen molar-refractivity contribution in [3.8, 4) is 5.75 Å².